The highest BCUT2D eigenvalue weighted by atomic mass is 32.2. The first-order chi connectivity index (χ1) is 66.7. The smallest absolute Gasteiger partial charge is 0.246 e. The van der Waals surface area contributed by atoms with Crippen molar-refractivity contribution in [3.05, 3.63) is 120 Å². The number of likely N-dealkylation sites (N-methyl/N-ethyl adjacent to an activating group) is 3. The van der Waals surface area contributed by atoms with Gasteiger partial charge in [0.05, 0.1) is 38.5 Å². The minimum Gasteiger partial charge on any atom is -0.508 e. The Bertz CT molecular complexity index is 5430. The number of nitrogens with two attached hydrogens (primary N) is 4. The number of aromatic amines is 2. The molecule has 3 unspecified atom stereocenters. The van der Waals surface area contributed by atoms with E-state index in [-0.39, 0.29) is 89.0 Å². The molecule has 0 bridgehead atoms. The van der Waals surface area contributed by atoms with Crippen molar-refractivity contribution in [2.75, 3.05) is 79.1 Å². The molecule has 44 nitrogen and oxygen atoms in total. The van der Waals surface area contributed by atoms with Crippen molar-refractivity contribution in [3.63, 3.8) is 0 Å². The van der Waals surface area contributed by atoms with Crippen LogP contribution in [0.3, 0.4) is 0 Å². The van der Waals surface area contributed by atoms with E-state index < -0.39 is 248 Å². The third kappa shape index (κ3) is 29.8. The molecule has 140 heavy (non-hydrogen) atoms. The standard InChI is InChI=1S/C95H133N23O21S/c1-10-12-25-73-87(131)106-64(24-18-36-101-95(99)100)83(127)113-72(82(126)103-46-78(98)123)49-140-50-79(124)104-67(39-53-28-32-56(120)33-29-53)90(134)114(6)52(5)81(125)108-69(43-77(97)122)92(136)117-37-19-27-74(117)88(132)111-70(44-96)85(129)109-66(38-51(3)4)93(137)118-47-57(121)41-76(118)89(133)107-65(40-55-45-102-62-22-16-14-20-59(55)62)84(128)112-71(48-119)86(130)110-68(91(135)116(8)75(26-13-11-2)94(138)115(73)7)42-61-60-21-15-17-23-63(60)105-80(61)54-30-34-58(139-9)35-31-54/h14-17,20-23,28-35,45,51-52,57,64-76,102,105,119-121H,10-13,18-19,24-27,36-44,46-50,96H2,1-9H3,(H2,97,122)(H2,98,123)(H,103,126)(H,104,124)(H,106,131)(H,107,133)(H,108,125)(H,109,129)(H,110,130)(H,111,132)(H,112,128)(H,113,127)(H4,99,100,101)/t52-,57+,64?,65-,66-,67-,68-,69-,70-,71-,72-,73-,74?,75-,76?/m0/s1. The number of aromatic nitrogens is 2. The topological polar surface area (TPSA) is 668 Å². The number of ether oxygens (including phenoxy) is 1. The van der Waals surface area contributed by atoms with Crippen LogP contribution >= 0.6 is 11.8 Å². The number of hydrogen-bond acceptors (Lipinski definition) is 24. The summed E-state index contributed by atoms with van der Waals surface area (Å²) in [5, 5.41) is 71.1. The highest BCUT2D eigenvalue weighted by Gasteiger charge is 2.47. The number of rotatable bonds is 27. The molecule has 15 atom stereocenters. The predicted octanol–water partition coefficient (Wildman–Crippen LogP) is -2.26. The first-order valence-corrected chi connectivity index (χ1v) is 48.0. The van der Waals surface area contributed by atoms with Gasteiger partial charge in [-0.1, -0.05) is 102 Å². The number of carbonyl (C=O) groups is 17. The lowest BCUT2D eigenvalue weighted by molar-refractivity contribution is -0.149. The zero-order valence-electron chi connectivity index (χ0n) is 80.2. The second-order valence-corrected chi connectivity index (χ2v) is 36.9. The number of para-hydroxylation sites is 2. The van der Waals surface area contributed by atoms with Gasteiger partial charge in [-0.3, -0.25) is 86.9 Å². The Kier molecular flexibility index (Phi) is 40.9. The molecule has 6 aromatic rings. The number of primary amides is 2. The molecule has 0 radical (unpaired) electrons. The highest BCUT2D eigenvalue weighted by Crippen LogP contribution is 2.34. The lowest BCUT2D eigenvalue weighted by Gasteiger charge is -2.36. The molecule has 0 aliphatic carbocycles. The summed E-state index contributed by atoms with van der Waals surface area (Å²) in [6.45, 7) is 5.30. The van der Waals surface area contributed by atoms with Gasteiger partial charge in [0.25, 0.3) is 0 Å². The van der Waals surface area contributed by atoms with Crippen LogP contribution in [-0.4, -0.2) is 326 Å². The predicted molar refractivity (Wildman–Crippen MR) is 519 cm³/mol. The first kappa shape index (κ1) is 110. The number of nitrogens with zero attached hydrogens (tertiary/aromatic N) is 5. The van der Waals surface area contributed by atoms with Gasteiger partial charge < -0.3 is 136 Å². The molecule has 0 spiro atoms. The van der Waals surface area contributed by atoms with Gasteiger partial charge >= 0.3 is 0 Å². The molecule has 760 valence electrons. The van der Waals surface area contributed by atoms with E-state index in [0.717, 1.165) is 36.3 Å². The molecule has 9 rings (SSSR count). The number of methoxy groups -OCH3 is 1. The normalized spacial score (nSPS) is 24.3. The maximum Gasteiger partial charge on any atom is 0.246 e. The lowest BCUT2D eigenvalue weighted by atomic mass is 9.96. The number of carbonyl (C=O) groups excluding carboxylic acids is 17. The maximum absolute atomic E-state index is 16.2. The number of aliphatic hydroxyl groups is 2. The van der Waals surface area contributed by atoms with Crippen LogP contribution in [0.2, 0.25) is 0 Å². The molecular formula is C95H133N23O21S. The number of phenols is 1. The monoisotopic (exact) mass is 1960 g/mol. The van der Waals surface area contributed by atoms with Crippen molar-refractivity contribution in [2.24, 2.45) is 28.9 Å². The van der Waals surface area contributed by atoms with Crippen molar-refractivity contribution in [2.45, 2.75) is 228 Å². The van der Waals surface area contributed by atoms with Crippen molar-refractivity contribution in [1.82, 2.24) is 93.0 Å². The Hall–Kier alpha value is -14.0. The van der Waals surface area contributed by atoms with Gasteiger partial charge in [0, 0.05) is 112 Å². The van der Waals surface area contributed by atoms with Gasteiger partial charge in [0.15, 0.2) is 5.96 Å². The van der Waals surface area contributed by atoms with E-state index in [1.807, 2.05) is 13.8 Å². The summed E-state index contributed by atoms with van der Waals surface area (Å²) >= 11 is 0.755. The number of fused-ring (bicyclic) bond motifs is 4. The van der Waals surface area contributed by atoms with Gasteiger partial charge in [0.1, 0.15) is 96.1 Å². The number of nitrogens with one attached hydrogen (secondary N) is 14. The van der Waals surface area contributed by atoms with Crippen LogP contribution in [0.25, 0.3) is 33.1 Å². The highest BCUT2D eigenvalue weighted by molar-refractivity contribution is 8.00. The van der Waals surface area contributed by atoms with Crippen molar-refractivity contribution < 1.29 is 102 Å². The van der Waals surface area contributed by atoms with Crippen molar-refractivity contribution >= 4 is 140 Å². The van der Waals surface area contributed by atoms with Crippen LogP contribution in [0, 0.1) is 11.3 Å². The van der Waals surface area contributed by atoms with Crippen molar-refractivity contribution in [1.29, 1.82) is 5.41 Å². The average molecular weight is 1970 g/mol. The van der Waals surface area contributed by atoms with Gasteiger partial charge in [-0.15, -0.1) is 11.8 Å². The van der Waals surface area contributed by atoms with Crippen LogP contribution in [0.15, 0.2) is 103 Å². The van der Waals surface area contributed by atoms with E-state index in [4.69, 9.17) is 33.1 Å². The molecule has 3 fully saturated rings. The van der Waals surface area contributed by atoms with Crippen LogP contribution in [0.5, 0.6) is 11.5 Å². The van der Waals surface area contributed by atoms with Gasteiger partial charge in [0.2, 0.25) is 100 Å². The van der Waals surface area contributed by atoms with E-state index in [2.05, 4.69) is 68.5 Å². The molecule has 3 aliphatic rings. The van der Waals surface area contributed by atoms with E-state index in [1.54, 1.807) is 92.8 Å². The number of guanidine groups is 1. The summed E-state index contributed by atoms with van der Waals surface area (Å²) in [6.07, 6.45) is -0.675. The third-order valence-electron chi connectivity index (χ3n) is 25.1. The summed E-state index contributed by atoms with van der Waals surface area (Å²) in [4.78, 5) is 263. The molecule has 2 aromatic heterocycles. The van der Waals surface area contributed by atoms with Gasteiger partial charge in [-0.05, 0) is 129 Å². The Balaban J connectivity index is 1.12. The Morgan fingerprint density at radius 2 is 1.14 bits per heavy atom. The SMILES string of the molecule is CCCC[C@H]1C(=O)N(C)[C@@H](CCCC)C(=O)NC(CCCNC(=N)N)C(=O)N[C@H](C(=O)NCC(N)=O)CSCC(=O)N[C@@H](Cc2ccc(O)cc2)C(=O)N(C)[C@@H](C)C(=O)N[C@@H](CC(N)=O)C(=O)N2CCCC2C(=O)N[C@@H](CN)C(=O)N[C@@H](CC(C)C)C(=O)N2C[C@H](O)CC2C(=O)N[C@@H](Cc2c[nH]c3ccccc23)C(=O)N[C@@H](CO)C(=O)N[C@@H](Cc2c(-c3ccc(OC)cc3)[nH]c3ccccc23)C(=O)N1C. The molecule has 25 N–H and O–H groups in total. The fourth-order valence-corrected chi connectivity index (χ4v) is 18.2. The number of H-pyrrole nitrogens is 2. The van der Waals surface area contributed by atoms with E-state index >= 15 is 38.4 Å². The van der Waals surface area contributed by atoms with E-state index in [0.29, 0.717) is 81.2 Å². The number of hydrogen-bond donors (Lipinski definition) is 21. The maximum atomic E-state index is 16.2. The summed E-state index contributed by atoms with van der Waals surface area (Å²) in [7, 11) is 5.39. The van der Waals surface area contributed by atoms with E-state index in [9.17, 15) is 58.5 Å². The number of phenolic OH excluding ortho intramolecular Hbond substituents is 1. The fraction of sp³-hybridized carbons (Fsp3) is 0.516. The quantitative estimate of drug-likeness (QED) is 0.0147. The number of unbranched alkanes of at least 4 members (excludes halogenated alkanes) is 2. The van der Waals surface area contributed by atoms with E-state index in [1.165, 1.54) is 59.4 Å². The first-order valence-electron chi connectivity index (χ1n) is 46.9. The molecule has 3 saturated heterocycles. The summed E-state index contributed by atoms with van der Waals surface area (Å²) in [5.74, 6) is -17.9. The number of benzene rings is 4. The lowest BCUT2D eigenvalue weighted by Crippen LogP contribution is -2.62. The summed E-state index contributed by atoms with van der Waals surface area (Å²) in [6, 6.07) is 4.37. The molecular weight excluding hydrogens is 1830 g/mol. The number of amides is 17. The van der Waals surface area contributed by atoms with Gasteiger partial charge in [-0.25, -0.2) is 0 Å². The zero-order chi connectivity index (χ0) is 102. The number of aliphatic hydroxyl groups excluding tert-OH is 2. The molecule has 45 heteroatoms. The second-order valence-electron chi connectivity index (χ2n) is 35.8. The molecule has 3 aliphatic heterocycles. The minimum absolute atomic E-state index is 0.0215. The van der Waals surface area contributed by atoms with Crippen LogP contribution < -0.4 is 86.2 Å². The van der Waals surface area contributed by atoms with Crippen molar-refractivity contribution in [3.8, 4) is 22.8 Å². The van der Waals surface area contributed by atoms with Crippen LogP contribution in [0.1, 0.15) is 135 Å². The minimum atomic E-state index is -1.94. The molecule has 4 aromatic carbocycles. The number of aromatic hydroxyl groups is 1. The van der Waals surface area contributed by atoms with Gasteiger partial charge in [-0.2, -0.15) is 0 Å². The molecule has 0 saturated carbocycles. The number of thioether (sulfide) groups is 1. The summed E-state index contributed by atoms with van der Waals surface area (Å²) < 4.78 is 5.50. The zero-order valence-corrected chi connectivity index (χ0v) is 81.0. The van der Waals surface area contributed by atoms with Crippen LogP contribution in [-0.2, 0) is 101 Å². The molecule has 5 heterocycles. The summed E-state index contributed by atoms with van der Waals surface area (Å²) in [5.41, 5.74) is 26.7. The fourth-order valence-electron chi connectivity index (χ4n) is 17.3. The van der Waals surface area contributed by atoms with Crippen LogP contribution in [0.4, 0.5) is 0 Å². The Labute approximate surface area is 814 Å². The largest absolute Gasteiger partial charge is 0.508 e. The molecule has 17 amide bonds. The second kappa shape index (κ2) is 52.2. The Morgan fingerprint density at radius 3 is 1.79 bits per heavy atom. The Morgan fingerprint density at radius 1 is 0.571 bits per heavy atom. The average Bonchev–Trinajstić information content (AvgIpc) is 1.62. The third-order valence-corrected chi connectivity index (χ3v) is 26.1.